The van der Waals surface area contributed by atoms with Crippen molar-refractivity contribution >= 4 is 38.3 Å². The Labute approximate surface area is 144 Å². The van der Waals surface area contributed by atoms with E-state index >= 15 is 0 Å². The van der Waals surface area contributed by atoms with Gasteiger partial charge in [-0.25, -0.2) is 8.42 Å². The highest BCUT2D eigenvalue weighted by Crippen LogP contribution is 2.25. The average Bonchev–Trinajstić information content (AvgIpc) is 2.41. The zero-order valence-corrected chi connectivity index (χ0v) is 14.7. The van der Waals surface area contributed by atoms with E-state index < -0.39 is 22.1 Å². The van der Waals surface area contributed by atoms with Crippen molar-refractivity contribution in [2.24, 2.45) is 0 Å². The normalized spacial score (nSPS) is 12.0. The van der Waals surface area contributed by atoms with Crippen molar-refractivity contribution < 1.29 is 26.3 Å². The third-order valence-corrected chi connectivity index (χ3v) is 4.85. The zero-order chi connectivity index (χ0) is 17.3. The Balaban J connectivity index is 2.22. The monoisotopic (exact) mass is 457 g/mol. The number of hydrogen-bond acceptors (Lipinski definition) is 3. The van der Waals surface area contributed by atoms with E-state index in [0.29, 0.717) is 5.69 Å². The summed E-state index contributed by atoms with van der Waals surface area (Å²) < 4.78 is 67.8. The van der Waals surface area contributed by atoms with Crippen molar-refractivity contribution in [3.05, 3.63) is 51.6 Å². The van der Waals surface area contributed by atoms with Gasteiger partial charge in [-0.15, -0.1) is 13.2 Å². The smallest absolute Gasteiger partial charge is 0.406 e. The molecule has 124 valence electrons. The minimum Gasteiger partial charge on any atom is -0.406 e. The Hall–Kier alpha value is -1.49. The number of benzene rings is 2. The second kappa shape index (κ2) is 6.56. The highest BCUT2D eigenvalue weighted by atomic mass is 127. The molecule has 2 aromatic rings. The molecule has 0 aliphatic carbocycles. The van der Waals surface area contributed by atoms with Crippen molar-refractivity contribution in [3.63, 3.8) is 0 Å². The number of aryl methyl sites for hydroxylation is 1. The van der Waals surface area contributed by atoms with Gasteiger partial charge in [0.15, 0.2) is 0 Å². The first kappa shape index (κ1) is 17.9. The molecule has 0 spiro atoms. The number of hydrogen-bond donors (Lipinski definition) is 1. The average molecular weight is 457 g/mol. The van der Waals surface area contributed by atoms with Crippen molar-refractivity contribution in [3.8, 4) is 5.75 Å². The highest BCUT2D eigenvalue weighted by Gasteiger charge is 2.31. The second-order valence-corrected chi connectivity index (χ2v) is 7.51. The van der Waals surface area contributed by atoms with E-state index in [0.717, 1.165) is 33.4 Å². The molecule has 0 fully saturated rings. The van der Waals surface area contributed by atoms with Gasteiger partial charge < -0.3 is 4.74 Å². The summed E-state index contributed by atoms with van der Waals surface area (Å²) >= 11 is 2.10. The van der Waals surface area contributed by atoms with Crippen molar-refractivity contribution in [2.45, 2.75) is 18.2 Å². The van der Waals surface area contributed by atoms with E-state index in [1.165, 1.54) is 0 Å². The first-order chi connectivity index (χ1) is 10.6. The molecule has 0 saturated heterocycles. The summed E-state index contributed by atoms with van der Waals surface area (Å²) in [7, 11) is -3.90. The van der Waals surface area contributed by atoms with Gasteiger partial charge in [-0.2, -0.15) is 0 Å². The van der Waals surface area contributed by atoms with Gasteiger partial charge in [0.1, 0.15) is 5.75 Å². The molecule has 0 aliphatic rings. The first-order valence-corrected chi connectivity index (χ1v) is 8.78. The summed E-state index contributed by atoms with van der Waals surface area (Å²) in [6.07, 6.45) is -4.82. The van der Waals surface area contributed by atoms with E-state index in [9.17, 15) is 21.6 Å². The molecular formula is C14H11F3INO3S. The fraction of sp³-hybridized carbons (Fsp3) is 0.143. The van der Waals surface area contributed by atoms with Crippen LogP contribution >= 0.6 is 22.6 Å². The van der Waals surface area contributed by atoms with E-state index in [-0.39, 0.29) is 4.90 Å². The zero-order valence-electron chi connectivity index (χ0n) is 11.7. The van der Waals surface area contributed by atoms with Crippen molar-refractivity contribution in [2.75, 3.05) is 4.72 Å². The molecule has 2 aromatic carbocycles. The summed E-state index contributed by atoms with van der Waals surface area (Å²) in [5.41, 5.74) is 1.14. The quantitative estimate of drug-likeness (QED) is 0.697. The number of nitrogens with one attached hydrogen (secondary N) is 1. The lowest BCUT2D eigenvalue weighted by Crippen LogP contribution is -2.17. The lowest BCUT2D eigenvalue weighted by molar-refractivity contribution is -0.274. The molecule has 9 heteroatoms. The molecule has 2 rings (SSSR count). The molecule has 0 unspecified atom stereocenters. The molecule has 0 heterocycles. The number of sulfonamides is 1. The van der Waals surface area contributed by atoms with Gasteiger partial charge in [-0.05, 0) is 77.5 Å². The first-order valence-electron chi connectivity index (χ1n) is 6.22. The van der Waals surface area contributed by atoms with Crippen LogP contribution in [0.5, 0.6) is 5.75 Å². The molecule has 0 radical (unpaired) electrons. The van der Waals surface area contributed by atoms with Gasteiger partial charge in [0.25, 0.3) is 10.0 Å². The molecule has 0 aliphatic heterocycles. The minimum absolute atomic E-state index is 0.162. The van der Waals surface area contributed by atoms with E-state index in [1.54, 1.807) is 25.1 Å². The van der Waals surface area contributed by atoms with Gasteiger partial charge in [0.2, 0.25) is 0 Å². The largest absolute Gasteiger partial charge is 0.573 e. The van der Waals surface area contributed by atoms with Crippen LogP contribution in [0, 0.1) is 10.5 Å². The fourth-order valence-corrected chi connectivity index (χ4v) is 3.54. The van der Waals surface area contributed by atoms with Crippen LogP contribution in [-0.2, 0) is 10.0 Å². The minimum atomic E-state index is -4.82. The van der Waals surface area contributed by atoms with Crippen LogP contribution in [0.3, 0.4) is 0 Å². The van der Waals surface area contributed by atoms with Crippen LogP contribution in [0.4, 0.5) is 18.9 Å². The maximum Gasteiger partial charge on any atom is 0.573 e. The highest BCUT2D eigenvalue weighted by molar-refractivity contribution is 14.1. The second-order valence-electron chi connectivity index (χ2n) is 4.58. The number of rotatable bonds is 4. The molecular weight excluding hydrogens is 446 g/mol. The van der Waals surface area contributed by atoms with Crippen LogP contribution in [0.2, 0.25) is 0 Å². The van der Waals surface area contributed by atoms with Gasteiger partial charge >= 0.3 is 6.36 Å². The molecule has 1 N–H and O–H groups in total. The Morgan fingerprint density at radius 1 is 1.09 bits per heavy atom. The number of halogens is 4. The summed E-state index contributed by atoms with van der Waals surface area (Å²) in [4.78, 5) is -0.162. The fourth-order valence-electron chi connectivity index (χ4n) is 1.77. The van der Waals surface area contributed by atoms with E-state index in [2.05, 4.69) is 32.0 Å². The summed E-state index contributed by atoms with van der Waals surface area (Å²) in [5.74, 6) is -0.484. The van der Waals surface area contributed by atoms with Crippen molar-refractivity contribution in [1.29, 1.82) is 0 Å². The molecule has 4 nitrogen and oxygen atoms in total. The van der Waals surface area contributed by atoms with Crippen LogP contribution in [0.15, 0.2) is 47.4 Å². The molecule has 23 heavy (non-hydrogen) atoms. The number of anilines is 1. The SMILES string of the molecule is Cc1cc(I)ccc1NS(=O)(=O)c1ccc(OC(F)(F)F)cc1. The third-order valence-electron chi connectivity index (χ3n) is 2.80. The standard InChI is InChI=1S/C14H11F3INO3S/c1-9-8-10(18)2-7-13(9)19-23(20,21)12-5-3-11(4-6-12)22-14(15,16)17/h2-8,19H,1H3. The van der Waals surface area contributed by atoms with Gasteiger partial charge in [0.05, 0.1) is 10.6 Å². The molecule has 0 saturated carbocycles. The van der Waals surface area contributed by atoms with Crippen LogP contribution in [0.25, 0.3) is 0 Å². The number of alkyl halides is 3. The number of ether oxygens (including phenoxy) is 1. The molecule has 0 amide bonds. The molecule has 0 aromatic heterocycles. The Morgan fingerprint density at radius 2 is 1.70 bits per heavy atom. The molecule has 0 atom stereocenters. The van der Waals surface area contributed by atoms with Crippen molar-refractivity contribution in [1.82, 2.24) is 0 Å². The lowest BCUT2D eigenvalue weighted by Gasteiger charge is -2.12. The van der Waals surface area contributed by atoms with Crippen LogP contribution in [0.1, 0.15) is 5.56 Å². The Bertz CT molecular complexity index is 805. The summed E-state index contributed by atoms with van der Waals surface area (Å²) in [6.45, 7) is 1.75. The van der Waals surface area contributed by atoms with E-state index in [4.69, 9.17) is 0 Å². The third kappa shape index (κ3) is 4.99. The maximum absolute atomic E-state index is 12.3. The van der Waals surface area contributed by atoms with Crippen LogP contribution < -0.4 is 9.46 Å². The van der Waals surface area contributed by atoms with E-state index in [1.807, 2.05) is 0 Å². The Morgan fingerprint density at radius 3 is 2.22 bits per heavy atom. The summed E-state index contributed by atoms with van der Waals surface area (Å²) in [6, 6.07) is 9.16. The maximum atomic E-state index is 12.3. The Kier molecular flexibility index (Phi) is 5.09. The molecule has 0 bridgehead atoms. The van der Waals surface area contributed by atoms with Gasteiger partial charge in [-0.1, -0.05) is 0 Å². The topological polar surface area (TPSA) is 55.4 Å². The predicted molar refractivity (Wildman–Crippen MR) is 87.8 cm³/mol. The van der Waals surface area contributed by atoms with Gasteiger partial charge in [-0.3, -0.25) is 4.72 Å². The lowest BCUT2D eigenvalue weighted by atomic mass is 10.2. The van der Waals surface area contributed by atoms with Crippen LogP contribution in [-0.4, -0.2) is 14.8 Å². The summed E-state index contributed by atoms with van der Waals surface area (Å²) in [5, 5.41) is 0. The van der Waals surface area contributed by atoms with Gasteiger partial charge in [0, 0.05) is 3.57 Å². The predicted octanol–water partition coefficient (Wildman–Crippen LogP) is 4.30.